The highest BCUT2D eigenvalue weighted by Crippen LogP contribution is 2.23. The highest BCUT2D eigenvalue weighted by atomic mass is 32.2. The number of nitriles is 1. The Balaban J connectivity index is 2.50. The highest BCUT2D eigenvalue weighted by molar-refractivity contribution is 7.92. The summed E-state index contributed by atoms with van der Waals surface area (Å²) in [6.07, 6.45) is 2.51. The molecule has 0 spiro atoms. The maximum absolute atomic E-state index is 12.2. The van der Waals surface area contributed by atoms with E-state index >= 15 is 0 Å². The minimum Gasteiger partial charge on any atom is -0.334 e. The van der Waals surface area contributed by atoms with Crippen LogP contribution in [0.2, 0.25) is 0 Å². The van der Waals surface area contributed by atoms with Crippen LogP contribution < -0.4 is 4.31 Å². The summed E-state index contributed by atoms with van der Waals surface area (Å²) in [6, 6.07) is 8.46. The summed E-state index contributed by atoms with van der Waals surface area (Å²) in [7, 11) is -2.32. The standard InChI is InChI=1S/C11H10N4O2S/c1-15(10-5-3-2-4-9(10)6-12)18(16,17)11-7-13-8-14-11/h2-5,7-8H,1H3,(H,13,14). The first-order valence-corrected chi connectivity index (χ1v) is 6.48. The van der Waals surface area contributed by atoms with Crippen molar-refractivity contribution < 1.29 is 8.42 Å². The molecule has 0 aliphatic rings. The van der Waals surface area contributed by atoms with E-state index in [1.165, 1.54) is 19.6 Å². The molecule has 0 aliphatic carbocycles. The normalized spacial score (nSPS) is 10.9. The Morgan fingerprint density at radius 1 is 1.39 bits per heavy atom. The summed E-state index contributed by atoms with van der Waals surface area (Å²) in [5.41, 5.74) is 0.623. The third-order valence-electron chi connectivity index (χ3n) is 2.48. The van der Waals surface area contributed by atoms with Gasteiger partial charge in [-0.15, -0.1) is 0 Å². The molecule has 1 aromatic heterocycles. The van der Waals surface area contributed by atoms with Gasteiger partial charge in [-0.3, -0.25) is 4.31 Å². The molecule has 2 rings (SSSR count). The number of anilines is 1. The Hall–Kier alpha value is -2.33. The van der Waals surface area contributed by atoms with Gasteiger partial charge >= 0.3 is 0 Å². The fourth-order valence-corrected chi connectivity index (χ4v) is 2.61. The number of imidazole rings is 1. The summed E-state index contributed by atoms with van der Waals surface area (Å²) in [5, 5.41) is 8.96. The van der Waals surface area contributed by atoms with Crippen molar-refractivity contribution in [3.8, 4) is 6.07 Å². The third kappa shape index (κ3) is 1.94. The number of aromatic amines is 1. The lowest BCUT2D eigenvalue weighted by atomic mass is 10.2. The summed E-state index contributed by atoms with van der Waals surface area (Å²) in [6.45, 7) is 0. The molecule has 0 saturated heterocycles. The first-order valence-electron chi connectivity index (χ1n) is 5.04. The van der Waals surface area contributed by atoms with Gasteiger partial charge < -0.3 is 4.98 Å². The van der Waals surface area contributed by atoms with Crippen LogP contribution in [0, 0.1) is 11.3 Å². The second-order valence-corrected chi connectivity index (χ2v) is 5.46. The van der Waals surface area contributed by atoms with Crippen LogP contribution in [-0.2, 0) is 10.0 Å². The lowest BCUT2D eigenvalue weighted by molar-refractivity contribution is 0.591. The Kier molecular flexibility index (Phi) is 3.04. The second kappa shape index (κ2) is 4.50. The number of nitrogens with zero attached hydrogens (tertiary/aromatic N) is 3. The van der Waals surface area contributed by atoms with Gasteiger partial charge in [0.1, 0.15) is 6.07 Å². The number of aromatic nitrogens is 2. The molecule has 0 bridgehead atoms. The molecule has 92 valence electrons. The van der Waals surface area contributed by atoms with Crippen molar-refractivity contribution in [3.05, 3.63) is 42.4 Å². The third-order valence-corrected chi connectivity index (χ3v) is 4.17. The van der Waals surface area contributed by atoms with Crippen molar-refractivity contribution in [3.63, 3.8) is 0 Å². The van der Waals surface area contributed by atoms with Gasteiger partial charge in [0, 0.05) is 7.05 Å². The Labute approximate surface area is 105 Å². The maximum atomic E-state index is 12.2. The van der Waals surface area contributed by atoms with Gasteiger partial charge in [0.2, 0.25) is 0 Å². The number of benzene rings is 1. The van der Waals surface area contributed by atoms with E-state index in [0.717, 1.165) is 4.31 Å². The summed E-state index contributed by atoms with van der Waals surface area (Å²) in [5.74, 6) is 0. The van der Waals surface area contributed by atoms with Gasteiger partial charge in [-0.25, -0.2) is 4.98 Å². The molecule has 1 aromatic carbocycles. The van der Waals surface area contributed by atoms with Gasteiger partial charge in [0.25, 0.3) is 10.0 Å². The average molecular weight is 262 g/mol. The van der Waals surface area contributed by atoms with E-state index in [1.807, 2.05) is 6.07 Å². The number of hydrogen-bond acceptors (Lipinski definition) is 4. The van der Waals surface area contributed by atoms with Crippen molar-refractivity contribution in [2.75, 3.05) is 11.4 Å². The van der Waals surface area contributed by atoms with Gasteiger partial charge in [0.05, 0.1) is 23.8 Å². The Morgan fingerprint density at radius 2 is 2.11 bits per heavy atom. The van der Waals surface area contributed by atoms with Crippen LogP contribution in [0.4, 0.5) is 5.69 Å². The van der Waals surface area contributed by atoms with E-state index in [1.54, 1.807) is 24.3 Å². The van der Waals surface area contributed by atoms with Crippen LogP contribution in [0.5, 0.6) is 0 Å². The number of para-hydroxylation sites is 1. The molecule has 7 heteroatoms. The number of sulfonamides is 1. The van der Waals surface area contributed by atoms with Crippen molar-refractivity contribution in [2.45, 2.75) is 5.03 Å². The van der Waals surface area contributed by atoms with Crippen molar-refractivity contribution in [1.29, 1.82) is 5.26 Å². The average Bonchev–Trinajstić information content (AvgIpc) is 2.92. The maximum Gasteiger partial charge on any atom is 0.281 e. The first-order chi connectivity index (χ1) is 8.57. The zero-order valence-corrected chi connectivity index (χ0v) is 10.3. The van der Waals surface area contributed by atoms with E-state index < -0.39 is 10.0 Å². The smallest absolute Gasteiger partial charge is 0.281 e. The van der Waals surface area contributed by atoms with Crippen LogP contribution in [0.25, 0.3) is 0 Å². The topological polar surface area (TPSA) is 89.8 Å². The minimum atomic E-state index is -3.72. The Bertz CT molecular complexity index is 686. The molecular formula is C11H10N4O2S. The molecule has 0 saturated carbocycles. The lowest BCUT2D eigenvalue weighted by Crippen LogP contribution is -2.27. The molecule has 0 aliphatic heterocycles. The van der Waals surface area contributed by atoms with Gasteiger partial charge in [-0.05, 0) is 12.1 Å². The fraction of sp³-hybridized carbons (Fsp3) is 0.0909. The van der Waals surface area contributed by atoms with E-state index in [9.17, 15) is 8.42 Å². The molecule has 0 unspecified atom stereocenters. The van der Waals surface area contributed by atoms with Crippen LogP contribution in [-0.4, -0.2) is 25.4 Å². The first kappa shape index (κ1) is 12.1. The van der Waals surface area contributed by atoms with Gasteiger partial charge in [-0.2, -0.15) is 13.7 Å². The monoisotopic (exact) mass is 262 g/mol. The zero-order chi connectivity index (χ0) is 13.2. The highest BCUT2D eigenvalue weighted by Gasteiger charge is 2.24. The molecule has 6 nitrogen and oxygen atoms in total. The van der Waals surface area contributed by atoms with Crippen molar-refractivity contribution in [2.24, 2.45) is 0 Å². The van der Waals surface area contributed by atoms with E-state index in [2.05, 4.69) is 9.97 Å². The van der Waals surface area contributed by atoms with Gasteiger partial charge in [0.15, 0.2) is 5.03 Å². The van der Waals surface area contributed by atoms with Crippen molar-refractivity contribution in [1.82, 2.24) is 9.97 Å². The van der Waals surface area contributed by atoms with Crippen LogP contribution >= 0.6 is 0 Å². The van der Waals surface area contributed by atoms with Crippen LogP contribution in [0.3, 0.4) is 0 Å². The quantitative estimate of drug-likeness (QED) is 0.897. The molecule has 18 heavy (non-hydrogen) atoms. The number of hydrogen-bond donors (Lipinski definition) is 1. The minimum absolute atomic E-state index is 0.0160. The van der Waals surface area contributed by atoms with Crippen LogP contribution in [0.15, 0.2) is 41.8 Å². The summed E-state index contributed by atoms with van der Waals surface area (Å²) < 4.78 is 25.5. The predicted molar refractivity (Wildman–Crippen MR) is 65.3 cm³/mol. The van der Waals surface area contributed by atoms with E-state index in [0.29, 0.717) is 11.3 Å². The van der Waals surface area contributed by atoms with E-state index in [-0.39, 0.29) is 5.03 Å². The Morgan fingerprint density at radius 3 is 2.72 bits per heavy atom. The summed E-state index contributed by atoms with van der Waals surface area (Å²) >= 11 is 0. The molecule has 0 amide bonds. The lowest BCUT2D eigenvalue weighted by Gasteiger charge is -2.19. The fourth-order valence-electron chi connectivity index (χ4n) is 1.50. The summed E-state index contributed by atoms with van der Waals surface area (Å²) in [4.78, 5) is 6.22. The molecule has 1 N–H and O–H groups in total. The number of rotatable bonds is 3. The molecule has 0 radical (unpaired) electrons. The van der Waals surface area contributed by atoms with E-state index in [4.69, 9.17) is 5.26 Å². The van der Waals surface area contributed by atoms with Gasteiger partial charge in [-0.1, -0.05) is 12.1 Å². The molecule has 1 heterocycles. The molecule has 0 atom stereocenters. The zero-order valence-electron chi connectivity index (χ0n) is 9.53. The second-order valence-electron chi connectivity index (χ2n) is 3.52. The molecular weight excluding hydrogens is 252 g/mol. The number of nitrogens with one attached hydrogen (secondary N) is 1. The largest absolute Gasteiger partial charge is 0.334 e. The SMILES string of the molecule is CN(c1ccccc1C#N)S(=O)(=O)c1cnc[nH]1. The van der Waals surface area contributed by atoms with Crippen LogP contribution in [0.1, 0.15) is 5.56 Å². The molecule has 2 aromatic rings. The molecule has 0 fully saturated rings. The predicted octanol–water partition coefficient (Wildman–Crippen LogP) is 1.11. The van der Waals surface area contributed by atoms with Crippen molar-refractivity contribution >= 4 is 15.7 Å². The number of H-pyrrole nitrogens is 1.